The van der Waals surface area contributed by atoms with E-state index < -0.39 is 11.4 Å². The molecule has 0 spiro atoms. The van der Waals surface area contributed by atoms with Crippen molar-refractivity contribution < 1.29 is 9.59 Å². The highest BCUT2D eigenvalue weighted by molar-refractivity contribution is 7.12. The number of aryl methyl sites for hydroxylation is 1. The van der Waals surface area contributed by atoms with E-state index in [1.165, 1.54) is 11.3 Å². The first-order valence-corrected chi connectivity index (χ1v) is 6.89. The first kappa shape index (κ1) is 14.7. The monoisotopic (exact) mass is 268 g/mol. The third-order valence-corrected chi connectivity index (χ3v) is 4.40. The Labute approximate surface area is 112 Å². The van der Waals surface area contributed by atoms with Crippen LogP contribution in [0.2, 0.25) is 0 Å². The zero-order valence-corrected chi connectivity index (χ0v) is 12.1. The molecule has 100 valence electrons. The summed E-state index contributed by atoms with van der Waals surface area (Å²) in [5.74, 6) is -0.761. The number of primary amides is 1. The molecule has 4 nitrogen and oxygen atoms in total. The van der Waals surface area contributed by atoms with Gasteiger partial charge in [0.2, 0.25) is 5.91 Å². The van der Waals surface area contributed by atoms with Crippen molar-refractivity contribution in [2.24, 2.45) is 11.7 Å². The number of hydrogen-bond donors (Lipinski definition) is 2. The molecule has 0 saturated heterocycles. The second-order valence-corrected chi connectivity index (χ2v) is 5.65. The number of nitrogens with one attached hydrogen (secondary N) is 1. The van der Waals surface area contributed by atoms with Crippen molar-refractivity contribution in [3.05, 3.63) is 21.9 Å². The van der Waals surface area contributed by atoms with E-state index in [-0.39, 0.29) is 11.8 Å². The highest BCUT2D eigenvalue weighted by atomic mass is 32.1. The van der Waals surface area contributed by atoms with Crippen LogP contribution in [-0.4, -0.2) is 17.4 Å². The zero-order valence-electron chi connectivity index (χ0n) is 11.2. The van der Waals surface area contributed by atoms with Crippen LogP contribution in [0.1, 0.15) is 42.4 Å². The first-order valence-electron chi connectivity index (χ1n) is 6.01. The smallest absolute Gasteiger partial charge is 0.262 e. The summed E-state index contributed by atoms with van der Waals surface area (Å²) in [5, 5.41) is 4.68. The largest absolute Gasteiger partial charge is 0.368 e. The Hall–Kier alpha value is -1.36. The van der Waals surface area contributed by atoms with E-state index in [0.29, 0.717) is 11.3 Å². The number of nitrogens with two attached hydrogens (primary N) is 1. The minimum atomic E-state index is -0.979. The van der Waals surface area contributed by atoms with E-state index in [4.69, 9.17) is 5.73 Å². The number of carbonyl (C=O) groups is 2. The topological polar surface area (TPSA) is 72.2 Å². The summed E-state index contributed by atoms with van der Waals surface area (Å²) >= 11 is 1.37. The lowest BCUT2D eigenvalue weighted by Gasteiger charge is -2.34. The molecule has 0 aromatic carbocycles. The minimum Gasteiger partial charge on any atom is -0.368 e. The molecule has 2 amide bonds. The molecule has 1 heterocycles. The van der Waals surface area contributed by atoms with E-state index >= 15 is 0 Å². The lowest BCUT2D eigenvalue weighted by Crippen LogP contribution is -2.60. The van der Waals surface area contributed by atoms with Gasteiger partial charge in [-0.2, -0.15) is 0 Å². The molecule has 1 atom stereocenters. The Morgan fingerprint density at radius 1 is 1.50 bits per heavy atom. The quantitative estimate of drug-likeness (QED) is 0.858. The predicted molar refractivity (Wildman–Crippen MR) is 73.6 cm³/mol. The van der Waals surface area contributed by atoms with Gasteiger partial charge in [-0.25, -0.2) is 0 Å². The maximum Gasteiger partial charge on any atom is 0.262 e. The molecule has 1 aromatic heterocycles. The van der Waals surface area contributed by atoms with Crippen LogP contribution in [0, 0.1) is 12.8 Å². The molecular weight excluding hydrogens is 248 g/mol. The van der Waals surface area contributed by atoms with Crippen molar-refractivity contribution in [1.82, 2.24) is 5.32 Å². The van der Waals surface area contributed by atoms with Crippen molar-refractivity contribution in [2.45, 2.75) is 39.7 Å². The van der Waals surface area contributed by atoms with Crippen molar-refractivity contribution in [3.63, 3.8) is 0 Å². The molecule has 0 saturated carbocycles. The molecule has 18 heavy (non-hydrogen) atoms. The highest BCUT2D eigenvalue weighted by Crippen LogP contribution is 2.23. The number of thiophene rings is 1. The fraction of sp³-hybridized carbons (Fsp3) is 0.538. The number of amides is 2. The lowest BCUT2D eigenvalue weighted by molar-refractivity contribution is -0.126. The summed E-state index contributed by atoms with van der Waals surface area (Å²) in [7, 11) is 0. The summed E-state index contributed by atoms with van der Waals surface area (Å²) < 4.78 is 0. The molecule has 0 aliphatic carbocycles. The van der Waals surface area contributed by atoms with Gasteiger partial charge in [0.25, 0.3) is 5.91 Å². The average molecular weight is 268 g/mol. The van der Waals surface area contributed by atoms with Crippen molar-refractivity contribution in [2.75, 3.05) is 0 Å². The van der Waals surface area contributed by atoms with Gasteiger partial charge in [-0.3, -0.25) is 9.59 Å². The van der Waals surface area contributed by atoms with E-state index in [9.17, 15) is 9.59 Å². The van der Waals surface area contributed by atoms with E-state index in [1.54, 1.807) is 0 Å². The molecule has 5 heteroatoms. The van der Waals surface area contributed by atoms with Crippen LogP contribution in [0.15, 0.2) is 11.4 Å². The maximum absolute atomic E-state index is 12.2. The zero-order chi connectivity index (χ0) is 13.9. The van der Waals surface area contributed by atoms with Crippen LogP contribution in [0.5, 0.6) is 0 Å². The van der Waals surface area contributed by atoms with Gasteiger partial charge >= 0.3 is 0 Å². The molecular formula is C13H20N2O2S. The summed E-state index contributed by atoms with van der Waals surface area (Å²) in [6, 6.07) is 1.88. The van der Waals surface area contributed by atoms with Gasteiger partial charge in [0.1, 0.15) is 5.54 Å². The first-order chi connectivity index (χ1) is 8.35. The van der Waals surface area contributed by atoms with Gasteiger partial charge in [0.15, 0.2) is 0 Å². The molecule has 0 bridgehead atoms. The van der Waals surface area contributed by atoms with Crippen molar-refractivity contribution in [3.8, 4) is 0 Å². The number of hydrogen-bond acceptors (Lipinski definition) is 3. The Bertz CT molecular complexity index is 454. The van der Waals surface area contributed by atoms with Crippen LogP contribution in [-0.2, 0) is 4.79 Å². The third kappa shape index (κ3) is 2.56. The van der Waals surface area contributed by atoms with Crippen LogP contribution in [0.3, 0.4) is 0 Å². The molecule has 3 N–H and O–H groups in total. The maximum atomic E-state index is 12.2. The lowest BCUT2D eigenvalue weighted by atomic mass is 9.83. The minimum absolute atomic E-state index is 0.0516. The molecule has 0 radical (unpaired) electrons. The van der Waals surface area contributed by atoms with Crippen LogP contribution >= 0.6 is 11.3 Å². The molecule has 0 fully saturated rings. The summed E-state index contributed by atoms with van der Waals surface area (Å²) in [6.07, 6.45) is 0.482. The van der Waals surface area contributed by atoms with Crippen LogP contribution in [0.4, 0.5) is 0 Å². The summed E-state index contributed by atoms with van der Waals surface area (Å²) in [6.45, 7) is 7.50. The van der Waals surface area contributed by atoms with Crippen LogP contribution < -0.4 is 11.1 Å². The Morgan fingerprint density at radius 2 is 2.11 bits per heavy atom. The van der Waals surface area contributed by atoms with Gasteiger partial charge in [0, 0.05) is 0 Å². The van der Waals surface area contributed by atoms with Gasteiger partial charge < -0.3 is 11.1 Å². The third-order valence-electron chi connectivity index (χ3n) is 3.39. The molecule has 0 aliphatic rings. The van der Waals surface area contributed by atoms with Gasteiger partial charge in [-0.1, -0.05) is 20.8 Å². The Balaban J connectivity index is 3.02. The normalized spacial score (nSPS) is 14.3. The Morgan fingerprint density at radius 3 is 2.44 bits per heavy atom. The van der Waals surface area contributed by atoms with Gasteiger partial charge in [-0.05, 0) is 36.3 Å². The average Bonchev–Trinajstić information content (AvgIpc) is 2.71. The number of rotatable bonds is 5. The van der Waals surface area contributed by atoms with Crippen LogP contribution in [0.25, 0.3) is 0 Å². The SMILES string of the molecule is CC[C@@](NC(=O)c1sccc1C)(C(N)=O)C(C)C. The van der Waals surface area contributed by atoms with Gasteiger partial charge in [-0.15, -0.1) is 11.3 Å². The molecule has 0 unspecified atom stereocenters. The summed E-state index contributed by atoms with van der Waals surface area (Å²) in [5.41, 5.74) is 5.41. The Kier molecular flexibility index (Phi) is 4.51. The molecule has 0 aliphatic heterocycles. The molecule has 1 aromatic rings. The fourth-order valence-electron chi connectivity index (χ4n) is 2.03. The van der Waals surface area contributed by atoms with Crippen molar-refractivity contribution >= 4 is 23.2 Å². The van der Waals surface area contributed by atoms with Crippen molar-refractivity contribution in [1.29, 1.82) is 0 Å². The van der Waals surface area contributed by atoms with E-state index in [1.807, 2.05) is 39.1 Å². The highest BCUT2D eigenvalue weighted by Gasteiger charge is 2.40. The standard InChI is InChI=1S/C13H20N2O2S/c1-5-13(8(2)3,12(14)17)15-11(16)10-9(4)6-7-18-10/h6-8H,5H2,1-4H3,(H2,14,17)(H,15,16)/t13-/m0/s1. The fourth-order valence-corrected chi connectivity index (χ4v) is 2.85. The number of carbonyl (C=O) groups excluding carboxylic acids is 2. The second kappa shape index (κ2) is 5.52. The van der Waals surface area contributed by atoms with E-state index in [2.05, 4.69) is 5.32 Å². The second-order valence-electron chi connectivity index (χ2n) is 4.73. The molecule has 1 rings (SSSR count). The summed E-state index contributed by atoms with van der Waals surface area (Å²) in [4.78, 5) is 24.5. The van der Waals surface area contributed by atoms with E-state index in [0.717, 1.165) is 5.56 Å². The van der Waals surface area contributed by atoms with Gasteiger partial charge in [0.05, 0.1) is 4.88 Å². The predicted octanol–water partition coefficient (Wildman–Crippen LogP) is 2.08.